The molecule has 0 unspecified atom stereocenters. The van der Waals surface area contributed by atoms with Crippen LogP contribution in [-0.2, 0) is 10.1 Å². The average molecular weight is 584 g/mol. The van der Waals surface area contributed by atoms with E-state index in [0.717, 1.165) is 37.6 Å². The van der Waals surface area contributed by atoms with Gasteiger partial charge in [0.2, 0.25) is 0 Å². The molecule has 4 rings (SSSR count). The lowest BCUT2D eigenvalue weighted by Gasteiger charge is -2.35. The van der Waals surface area contributed by atoms with Crippen molar-refractivity contribution in [1.29, 1.82) is 0 Å². The van der Waals surface area contributed by atoms with Gasteiger partial charge in [-0.1, -0.05) is 35.1 Å². The van der Waals surface area contributed by atoms with Gasteiger partial charge in [0.1, 0.15) is 22.3 Å². The molecule has 0 saturated carbocycles. The number of aliphatic hydroxyl groups is 1. The Bertz CT molecular complexity index is 1330. The molecule has 1 aromatic carbocycles. The Kier molecular flexibility index (Phi) is 10.4. The summed E-state index contributed by atoms with van der Waals surface area (Å²) in [6.07, 6.45) is 2.25. The molecule has 15 heteroatoms. The molecule has 0 spiro atoms. The highest BCUT2D eigenvalue weighted by Crippen LogP contribution is 2.28. The molecule has 3 heterocycles. The molecule has 3 aromatic rings. The van der Waals surface area contributed by atoms with Crippen LogP contribution >= 0.6 is 22.9 Å². The van der Waals surface area contributed by atoms with Gasteiger partial charge in [-0.2, -0.15) is 8.42 Å². The number of carbonyl (C=O) groups is 1. The third-order valence-corrected chi connectivity index (χ3v) is 6.59. The fourth-order valence-electron chi connectivity index (χ4n) is 3.63. The number of aromatic nitrogens is 3. The van der Waals surface area contributed by atoms with Gasteiger partial charge in [0.15, 0.2) is 5.13 Å². The van der Waals surface area contributed by atoms with Crippen LogP contribution in [0.4, 0.5) is 22.5 Å². The van der Waals surface area contributed by atoms with Crippen LogP contribution in [-0.4, -0.2) is 89.4 Å². The number of carbonyl (C=O) groups excluding carboxylic acids is 1. The van der Waals surface area contributed by atoms with Crippen molar-refractivity contribution in [3.05, 3.63) is 51.7 Å². The van der Waals surface area contributed by atoms with E-state index in [1.165, 1.54) is 17.5 Å². The minimum atomic E-state index is -3.67. The number of nitrogens with one attached hydrogen (secondary N) is 2. The van der Waals surface area contributed by atoms with E-state index in [0.29, 0.717) is 45.2 Å². The second-order valence-electron chi connectivity index (χ2n) is 8.48. The monoisotopic (exact) mass is 583 g/mol. The van der Waals surface area contributed by atoms with Gasteiger partial charge in [-0.3, -0.25) is 14.2 Å². The largest absolute Gasteiger partial charge is 0.395 e. The number of aliphatic hydroxyl groups excluding tert-OH is 1. The predicted octanol–water partition coefficient (Wildman–Crippen LogP) is 2.82. The van der Waals surface area contributed by atoms with E-state index in [1.54, 1.807) is 6.07 Å². The molecule has 1 aliphatic heterocycles. The summed E-state index contributed by atoms with van der Waals surface area (Å²) in [4.78, 5) is 31.0. The number of rotatable bonds is 7. The Hall–Kier alpha value is -2.88. The molecule has 0 aliphatic carbocycles. The van der Waals surface area contributed by atoms with Crippen LogP contribution < -0.4 is 15.5 Å². The van der Waals surface area contributed by atoms with Crippen LogP contribution in [0.5, 0.6) is 0 Å². The minimum Gasteiger partial charge on any atom is -0.395 e. The summed E-state index contributed by atoms with van der Waals surface area (Å²) < 4.78 is 25.9. The van der Waals surface area contributed by atoms with Gasteiger partial charge in [0, 0.05) is 38.8 Å². The third-order valence-electron chi connectivity index (χ3n) is 5.36. The number of hydrogen-bond donors (Lipinski definition) is 4. The summed E-state index contributed by atoms with van der Waals surface area (Å²) in [6.45, 7) is 8.03. The summed E-state index contributed by atoms with van der Waals surface area (Å²) in [5.74, 6) is 1.85. The van der Waals surface area contributed by atoms with Crippen molar-refractivity contribution in [2.75, 3.05) is 61.1 Å². The Morgan fingerprint density at radius 1 is 1.18 bits per heavy atom. The molecule has 2 aromatic heterocycles. The number of benzene rings is 1. The fourth-order valence-corrected chi connectivity index (χ4v) is 4.62. The first kappa shape index (κ1) is 29.7. The van der Waals surface area contributed by atoms with E-state index < -0.39 is 10.1 Å². The number of β-amino-alcohol motifs (C(OH)–C–C–N with tert-alkyl or cyclic N) is 1. The van der Waals surface area contributed by atoms with Gasteiger partial charge < -0.3 is 20.6 Å². The summed E-state index contributed by atoms with van der Waals surface area (Å²) in [5, 5.41) is 16.2. The Balaban J connectivity index is 0.000000732. The smallest absolute Gasteiger partial charge is 0.267 e. The second-order valence-corrected chi connectivity index (χ2v) is 11.4. The van der Waals surface area contributed by atoms with E-state index in [-0.39, 0.29) is 12.5 Å². The molecule has 0 radical (unpaired) electrons. The highest BCUT2D eigenvalue weighted by atomic mass is 35.5. The Labute approximate surface area is 230 Å². The molecule has 1 amide bonds. The number of halogens is 1. The molecule has 38 heavy (non-hydrogen) atoms. The number of para-hydroxylation sites is 1. The maximum Gasteiger partial charge on any atom is 0.267 e. The fraction of sp³-hybridized carbons (Fsp3) is 0.391. The number of aryl methyl sites for hydroxylation is 2. The number of piperazine rings is 1. The molecule has 206 valence electrons. The van der Waals surface area contributed by atoms with Gasteiger partial charge in [-0.05, 0) is 25.5 Å². The molecule has 1 fully saturated rings. The summed E-state index contributed by atoms with van der Waals surface area (Å²) in [5.41, 5.74) is 1.49. The Morgan fingerprint density at radius 2 is 1.87 bits per heavy atom. The number of anilines is 4. The number of amides is 1. The molecule has 4 N–H and O–H groups in total. The highest BCUT2D eigenvalue weighted by molar-refractivity contribution is 7.85. The number of thiazole rings is 1. The lowest BCUT2D eigenvalue weighted by atomic mass is 10.2. The quantitative estimate of drug-likeness (QED) is 0.303. The van der Waals surface area contributed by atoms with Crippen molar-refractivity contribution in [1.82, 2.24) is 19.9 Å². The van der Waals surface area contributed by atoms with Gasteiger partial charge in [-0.25, -0.2) is 15.0 Å². The second kappa shape index (κ2) is 13.3. The predicted molar refractivity (Wildman–Crippen MR) is 150 cm³/mol. The zero-order valence-electron chi connectivity index (χ0n) is 21.2. The summed E-state index contributed by atoms with van der Waals surface area (Å²) >= 11 is 7.46. The maximum atomic E-state index is 12.7. The topological polar surface area (TPSA) is 161 Å². The zero-order valence-corrected chi connectivity index (χ0v) is 23.6. The van der Waals surface area contributed by atoms with Gasteiger partial charge in [0.25, 0.3) is 16.0 Å². The van der Waals surface area contributed by atoms with Gasteiger partial charge >= 0.3 is 0 Å². The van der Waals surface area contributed by atoms with Crippen LogP contribution in [0.1, 0.15) is 21.1 Å². The van der Waals surface area contributed by atoms with Crippen molar-refractivity contribution in [2.45, 2.75) is 13.8 Å². The van der Waals surface area contributed by atoms with Crippen molar-refractivity contribution in [2.24, 2.45) is 0 Å². The Morgan fingerprint density at radius 3 is 2.50 bits per heavy atom. The SMILES string of the molecule is CS(=O)(=O)O.Cc1nc(Nc2ncc(C(=O)Nc3c(C)cccc3Cl)s2)cc(N2CCN(CCO)CC2)n1. The number of nitrogens with zero attached hydrogens (tertiary/aromatic N) is 5. The molecule has 1 aliphatic rings. The van der Waals surface area contributed by atoms with Crippen LogP contribution in [0.15, 0.2) is 30.5 Å². The normalized spacial score (nSPS) is 14.0. The minimum absolute atomic E-state index is 0.173. The van der Waals surface area contributed by atoms with E-state index in [1.807, 2.05) is 32.0 Å². The lowest BCUT2D eigenvalue weighted by molar-refractivity contribution is 0.103. The molecule has 0 bridgehead atoms. The van der Waals surface area contributed by atoms with Gasteiger partial charge in [-0.15, -0.1) is 0 Å². The van der Waals surface area contributed by atoms with Crippen LogP contribution in [0, 0.1) is 13.8 Å². The van der Waals surface area contributed by atoms with E-state index in [4.69, 9.17) is 21.3 Å². The highest BCUT2D eigenvalue weighted by Gasteiger charge is 2.19. The summed E-state index contributed by atoms with van der Waals surface area (Å²) in [6, 6.07) is 7.37. The van der Waals surface area contributed by atoms with Crippen molar-refractivity contribution >= 4 is 61.4 Å². The molecular weight excluding hydrogens is 554 g/mol. The van der Waals surface area contributed by atoms with Crippen LogP contribution in [0.25, 0.3) is 0 Å². The van der Waals surface area contributed by atoms with Crippen LogP contribution in [0.3, 0.4) is 0 Å². The average Bonchev–Trinajstić information content (AvgIpc) is 3.29. The van der Waals surface area contributed by atoms with E-state index in [2.05, 4.69) is 35.4 Å². The maximum absolute atomic E-state index is 12.7. The molecule has 12 nitrogen and oxygen atoms in total. The van der Waals surface area contributed by atoms with E-state index >= 15 is 0 Å². The number of hydrogen-bond acceptors (Lipinski definition) is 11. The van der Waals surface area contributed by atoms with Crippen molar-refractivity contribution < 1.29 is 22.9 Å². The molecule has 0 atom stereocenters. The van der Waals surface area contributed by atoms with Gasteiger partial charge in [0.05, 0.1) is 29.8 Å². The molecular formula is C23H30ClN7O5S2. The lowest BCUT2D eigenvalue weighted by Crippen LogP contribution is -2.47. The van der Waals surface area contributed by atoms with Crippen molar-refractivity contribution in [3.8, 4) is 0 Å². The van der Waals surface area contributed by atoms with Crippen LogP contribution in [0.2, 0.25) is 5.02 Å². The van der Waals surface area contributed by atoms with E-state index in [9.17, 15) is 13.2 Å². The standard InChI is InChI=1S/C22H26ClN7O2S.CH4O3S/c1-14-4-3-5-16(23)20(14)28-21(32)17-13-24-22(33-17)27-18-12-19(26-15(2)25-18)30-8-6-29(7-9-30)10-11-31;1-5(2,3)4/h3-5,12-13,31H,6-11H2,1-2H3,(H,28,32)(H,24,25,26,27);1H3,(H,2,3,4). The third kappa shape index (κ3) is 9.15. The summed E-state index contributed by atoms with van der Waals surface area (Å²) in [7, 11) is -3.67. The first-order chi connectivity index (χ1) is 17.9. The first-order valence-electron chi connectivity index (χ1n) is 11.6. The van der Waals surface area contributed by atoms with Crippen molar-refractivity contribution in [3.63, 3.8) is 0 Å². The molecule has 1 saturated heterocycles. The zero-order chi connectivity index (χ0) is 27.9. The first-order valence-corrected chi connectivity index (χ1v) is 14.6.